The summed E-state index contributed by atoms with van der Waals surface area (Å²) in [5.41, 5.74) is 0. The molecule has 1 fully saturated rings. The molecular formula is C10H18OS2. The number of carbonyl (C=O) groups excluding carboxylic acids is 1. The molecule has 0 bridgehead atoms. The molecule has 0 amide bonds. The van der Waals surface area contributed by atoms with Gasteiger partial charge in [-0.1, -0.05) is 19.3 Å². The van der Waals surface area contributed by atoms with E-state index in [1.54, 1.807) is 6.92 Å². The predicted molar refractivity (Wildman–Crippen MR) is 62.8 cm³/mol. The third-order valence-electron chi connectivity index (χ3n) is 3.04. The number of carbonyl (C=O) groups is 1. The minimum Gasteiger partial charge on any atom is -0.300 e. The molecule has 0 aromatic heterocycles. The molecule has 1 unspecified atom stereocenters. The van der Waals surface area contributed by atoms with Gasteiger partial charge < -0.3 is 0 Å². The van der Waals surface area contributed by atoms with E-state index >= 15 is 0 Å². The Morgan fingerprint density at radius 1 is 1.38 bits per heavy atom. The van der Waals surface area contributed by atoms with Crippen molar-refractivity contribution in [2.75, 3.05) is 5.75 Å². The Kier molecular flexibility index (Phi) is 4.17. The average Bonchev–Trinajstić information content (AvgIpc) is 2.05. The minimum absolute atomic E-state index is 0.0412. The van der Waals surface area contributed by atoms with E-state index in [0.29, 0.717) is 5.75 Å². The van der Waals surface area contributed by atoms with Crippen LogP contribution in [0.5, 0.6) is 0 Å². The lowest BCUT2D eigenvalue weighted by atomic mass is 9.78. The molecule has 0 aliphatic heterocycles. The van der Waals surface area contributed by atoms with Crippen molar-refractivity contribution in [2.45, 2.75) is 43.8 Å². The summed E-state index contributed by atoms with van der Waals surface area (Å²) in [6, 6.07) is 0. The number of hydrogen-bond donors (Lipinski definition) is 2. The first kappa shape index (κ1) is 11.4. The monoisotopic (exact) mass is 218 g/mol. The van der Waals surface area contributed by atoms with Gasteiger partial charge in [0.05, 0.1) is 0 Å². The first-order chi connectivity index (χ1) is 6.10. The van der Waals surface area contributed by atoms with Crippen LogP contribution >= 0.6 is 25.3 Å². The van der Waals surface area contributed by atoms with Crippen molar-refractivity contribution in [3.63, 3.8) is 0 Å². The molecule has 1 rings (SSSR count). The van der Waals surface area contributed by atoms with Crippen LogP contribution in [0.3, 0.4) is 0 Å². The van der Waals surface area contributed by atoms with Crippen molar-refractivity contribution in [2.24, 2.45) is 5.92 Å². The third kappa shape index (κ3) is 2.66. The molecule has 0 spiro atoms. The number of rotatable bonds is 3. The minimum atomic E-state index is -0.0637. The van der Waals surface area contributed by atoms with Gasteiger partial charge in [-0.25, -0.2) is 0 Å². The molecule has 0 N–H and O–H groups in total. The van der Waals surface area contributed by atoms with E-state index in [2.05, 4.69) is 12.6 Å². The summed E-state index contributed by atoms with van der Waals surface area (Å²) in [6.07, 6.45) is 5.85. The summed E-state index contributed by atoms with van der Waals surface area (Å²) in [5, 5.41) is 0. The summed E-state index contributed by atoms with van der Waals surface area (Å²) >= 11 is 8.94. The average molecular weight is 218 g/mol. The van der Waals surface area contributed by atoms with E-state index < -0.39 is 0 Å². The second-order valence-corrected chi connectivity index (χ2v) is 5.27. The lowest BCUT2D eigenvalue weighted by Gasteiger charge is -2.37. The molecule has 1 atom stereocenters. The number of Topliss-reactive ketones (excluding diaryl/α,β-unsaturated/α-hetero) is 1. The van der Waals surface area contributed by atoms with Gasteiger partial charge in [-0.15, -0.1) is 0 Å². The van der Waals surface area contributed by atoms with E-state index in [1.165, 1.54) is 19.3 Å². The van der Waals surface area contributed by atoms with Crippen molar-refractivity contribution >= 4 is 31.0 Å². The fraction of sp³-hybridized carbons (Fsp3) is 0.900. The van der Waals surface area contributed by atoms with Gasteiger partial charge in [0.15, 0.2) is 0 Å². The summed E-state index contributed by atoms with van der Waals surface area (Å²) in [7, 11) is 0. The van der Waals surface area contributed by atoms with Crippen LogP contribution < -0.4 is 0 Å². The maximum Gasteiger partial charge on any atom is 0.135 e. The van der Waals surface area contributed by atoms with Crippen molar-refractivity contribution < 1.29 is 4.79 Å². The molecular weight excluding hydrogens is 200 g/mol. The van der Waals surface area contributed by atoms with Gasteiger partial charge in [-0.05, 0) is 19.8 Å². The van der Waals surface area contributed by atoms with Crippen molar-refractivity contribution in [3.8, 4) is 0 Å². The second-order valence-electron chi connectivity index (χ2n) is 4.01. The van der Waals surface area contributed by atoms with Crippen LogP contribution in [0.4, 0.5) is 0 Å². The van der Waals surface area contributed by atoms with Crippen molar-refractivity contribution in [1.82, 2.24) is 0 Å². The number of thiol groups is 2. The molecule has 13 heavy (non-hydrogen) atoms. The number of ketones is 1. The zero-order valence-electron chi connectivity index (χ0n) is 8.12. The molecule has 0 aromatic rings. The van der Waals surface area contributed by atoms with Crippen LogP contribution in [0, 0.1) is 5.92 Å². The van der Waals surface area contributed by atoms with E-state index in [0.717, 1.165) is 12.8 Å². The van der Waals surface area contributed by atoms with E-state index in [-0.39, 0.29) is 16.4 Å². The lowest BCUT2D eigenvalue weighted by molar-refractivity contribution is -0.121. The fourth-order valence-electron chi connectivity index (χ4n) is 2.19. The zero-order chi connectivity index (χ0) is 9.90. The van der Waals surface area contributed by atoms with Gasteiger partial charge in [-0.2, -0.15) is 25.3 Å². The summed E-state index contributed by atoms with van der Waals surface area (Å²) in [5.74, 6) is 0.921. The summed E-state index contributed by atoms with van der Waals surface area (Å²) < 4.78 is -0.0637. The Balaban J connectivity index is 2.68. The van der Waals surface area contributed by atoms with Gasteiger partial charge in [0.25, 0.3) is 0 Å². The smallest absolute Gasteiger partial charge is 0.135 e. The fourth-order valence-corrected chi connectivity index (χ4v) is 3.53. The molecule has 76 valence electrons. The zero-order valence-corrected chi connectivity index (χ0v) is 9.91. The van der Waals surface area contributed by atoms with Crippen LogP contribution in [-0.4, -0.2) is 16.3 Å². The molecule has 1 nitrogen and oxygen atoms in total. The molecule has 0 heterocycles. The quantitative estimate of drug-likeness (QED) is 0.697. The predicted octanol–water partition coefficient (Wildman–Crippen LogP) is 2.75. The normalized spacial score (nSPS) is 23.9. The van der Waals surface area contributed by atoms with Crippen LogP contribution in [-0.2, 0) is 4.79 Å². The van der Waals surface area contributed by atoms with Crippen molar-refractivity contribution in [3.05, 3.63) is 0 Å². The van der Waals surface area contributed by atoms with Gasteiger partial charge in [0.2, 0.25) is 0 Å². The molecule has 0 aromatic carbocycles. The Bertz CT molecular complexity index is 185. The highest BCUT2D eigenvalue weighted by atomic mass is 32.1. The molecule has 1 aliphatic carbocycles. The Morgan fingerprint density at radius 3 is 2.31 bits per heavy atom. The topological polar surface area (TPSA) is 17.1 Å². The molecule has 0 saturated heterocycles. The van der Waals surface area contributed by atoms with Crippen molar-refractivity contribution in [1.29, 1.82) is 0 Å². The van der Waals surface area contributed by atoms with E-state index in [1.807, 2.05) is 0 Å². The number of hydrogen-bond acceptors (Lipinski definition) is 3. The Hall–Kier alpha value is 0.370. The maximum atomic E-state index is 11.4. The highest BCUT2D eigenvalue weighted by Crippen LogP contribution is 2.40. The standard InChI is InChI=1S/C10H18OS2/c1-8(11)9(7-12)10(13)5-3-2-4-6-10/h9,12-13H,2-7H2,1H3. The molecule has 1 saturated carbocycles. The van der Waals surface area contributed by atoms with Crippen LogP contribution in [0.15, 0.2) is 0 Å². The van der Waals surface area contributed by atoms with Gasteiger partial charge in [0, 0.05) is 16.4 Å². The highest BCUT2D eigenvalue weighted by Gasteiger charge is 2.38. The first-order valence-corrected chi connectivity index (χ1v) is 6.02. The van der Waals surface area contributed by atoms with Gasteiger partial charge in [-0.3, -0.25) is 4.79 Å². The summed E-state index contributed by atoms with van der Waals surface area (Å²) in [6.45, 7) is 1.66. The molecule has 1 aliphatic rings. The van der Waals surface area contributed by atoms with E-state index in [9.17, 15) is 4.79 Å². The maximum absolute atomic E-state index is 11.4. The Morgan fingerprint density at radius 2 is 1.92 bits per heavy atom. The molecule has 3 heteroatoms. The highest BCUT2D eigenvalue weighted by molar-refractivity contribution is 7.82. The van der Waals surface area contributed by atoms with Crippen LogP contribution in [0.25, 0.3) is 0 Å². The largest absolute Gasteiger partial charge is 0.300 e. The Labute approximate surface area is 91.5 Å². The third-order valence-corrected chi connectivity index (χ3v) is 4.17. The molecule has 0 radical (unpaired) electrons. The SMILES string of the molecule is CC(=O)C(CS)C1(S)CCCCC1. The van der Waals surface area contributed by atoms with E-state index in [4.69, 9.17) is 12.6 Å². The van der Waals surface area contributed by atoms with Gasteiger partial charge >= 0.3 is 0 Å². The van der Waals surface area contributed by atoms with Crippen LogP contribution in [0.2, 0.25) is 0 Å². The summed E-state index contributed by atoms with van der Waals surface area (Å²) in [4.78, 5) is 11.4. The van der Waals surface area contributed by atoms with Gasteiger partial charge in [0.1, 0.15) is 5.78 Å². The van der Waals surface area contributed by atoms with Crippen LogP contribution in [0.1, 0.15) is 39.0 Å². The lowest BCUT2D eigenvalue weighted by Crippen LogP contribution is -2.39. The first-order valence-electron chi connectivity index (χ1n) is 4.94. The second kappa shape index (κ2) is 4.74.